The third kappa shape index (κ3) is 1.76. The van der Waals surface area contributed by atoms with Gasteiger partial charge in [0.2, 0.25) is 0 Å². The summed E-state index contributed by atoms with van der Waals surface area (Å²) < 4.78 is 5.62. The van der Waals surface area contributed by atoms with Crippen LogP contribution >= 0.6 is 0 Å². The molecule has 1 heterocycles. The third-order valence-corrected chi connectivity index (χ3v) is 3.01. The van der Waals surface area contributed by atoms with Crippen molar-refractivity contribution in [3.8, 4) is 16.9 Å². The molecule has 2 heteroatoms. The van der Waals surface area contributed by atoms with Crippen LogP contribution in [0.4, 0.5) is 0 Å². The third-order valence-electron chi connectivity index (χ3n) is 3.01. The molecule has 3 aromatic rings. The standard InChI is InChI=1S/C16H14NO/c1-2-18-16-11-17-10-15(16)14-9-5-7-12-6-3-4-8-13(12)14/h3-9,11,17H,2H2,1H3. The van der Waals surface area contributed by atoms with E-state index in [1.54, 1.807) is 0 Å². The number of nitrogens with one attached hydrogen (secondary N) is 1. The van der Waals surface area contributed by atoms with Crippen LogP contribution < -0.4 is 4.74 Å². The van der Waals surface area contributed by atoms with E-state index in [0.717, 1.165) is 16.9 Å². The molecule has 0 aliphatic heterocycles. The minimum atomic E-state index is 0.656. The molecule has 3 rings (SSSR count). The van der Waals surface area contributed by atoms with Crippen molar-refractivity contribution in [1.29, 1.82) is 0 Å². The maximum absolute atomic E-state index is 5.62. The van der Waals surface area contributed by atoms with E-state index in [1.165, 1.54) is 10.8 Å². The molecule has 1 radical (unpaired) electrons. The van der Waals surface area contributed by atoms with Crippen molar-refractivity contribution in [2.45, 2.75) is 6.92 Å². The predicted molar refractivity (Wildman–Crippen MR) is 73.7 cm³/mol. The summed E-state index contributed by atoms with van der Waals surface area (Å²) >= 11 is 0. The van der Waals surface area contributed by atoms with Crippen molar-refractivity contribution >= 4 is 10.8 Å². The number of ether oxygens (including phenoxy) is 1. The fraction of sp³-hybridized carbons (Fsp3) is 0.125. The lowest BCUT2D eigenvalue weighted by Crippen LogP contribution is -1.91. The number of hydrogen-bond acceptors (Lipinski definition) is 1. The highest BCUT2D eigenvalue weighted by Crippen LogP contribution is 2.34. The molecule has 0 spiro atoms. The Bertz CT molecular complexity index is 664. The van der Waals surface area contributed by atoms with Gasteiger partial charge in [-0.3, -0.25) is 0 Å². The van der Waals surface area contributed by atoms with Gasteiger partial charge in [-0.1, -0.05) is 42.5 Å². The minimum Gasteiger partial charge on any atom is -0.492 e. The van der Waals surface area contributed by atoms with Gasteiger partial charge < -0.3 is 9.72 Å². The lowest BCUT2D eigenvalue weighted by Gasteiger charge is -2.07. The van der Waals surface area contributed by atoms with Crippen molar-refractivity contribution in [1.82, 2.24) is 4.98 Å². The van der Waals surface area contributed by atoms with Crippen molar-refractivity contribution in [2.24, 2.45) is 0 Å². The van der Waals surface area contributed by atoms with Gasteiger partial charge in [0.1, 0.15) is 5.75 Å². The van der Waals surface area contributed by atoms with Gasteiger partial charge in [-0.05, 0) is 23.3 Å². The average molecular weight is 236 g/mol. The van der Waals surface area contributed by atoms with Crippen molar-refractivity contribution < 1.29 is 4.74 Å². The lowest BCUT2D eigenvalue weighted by molar-refractivity contribution is 0.342. The minimum absolute atomic E-state index is 0.656. The second-order valence-electron chi connectivity index (χ2n) is 4.11. The van der Waals surface area contributed by atoms with Crippen LogP contribution in [0.5, 0.6) is 5.75 Å². The zero-order valence-corrected chi connectivity index (χ0v) is 10.2. The number of fused-ring (bicyclic) bond motifs is 1. The summed E-state index contributed by atoms with van der Waals surface area (Å²) in [7, 11) is 0. The Kier molecular flexibility index (Phi) is 2.77. The Labute approximate surface area is 106 Å². The first-order chi connectivity index (χ1) is 8.90. The van der Waals surface area contributed by atoms with E-state index < -0.39 is 0 Å². The summed E-state index contributed by atoms with van der Waals surface area (Å²) in [6.45, 7) is 2.64. The van der Waals surface area contributed by atoms with Crippen LogP contribution in [0, 0.1) is 6.20 Å². The van der Waals surface area contributed by atoms with E-state index >= 15 is 0 Å². The van der Waals surface area contributed by atoms with Crippen LogP contribution in [0.25, 0.3) is 21.9 Å². The molecule has 0 bridgehead atoms. The molecule has 2 nitrogen and oxygen atoms in total. The van der Waals surface area contributed by atoms with Gasteiger partial charge in [0.15, 0.2) is 0 Å². The van der Waals surface area contributed by atoms with Crippen LogP contribution in [0.3, 0.4) is 0 Å². The lowest BCUT2D eigenvalue weighted by atomic mass is 10.00. The van der Waals surface area contributed by atoms with Gasteiger partial charge in [-0.25, -0.2) is 0 Å². The first-order valence-corrected chi connectivity index (χ1v) is 6.10. The second kappa shape index (κ2) is 4.57. The van der Waals surface area contributed by atoms with Gasteiger partial charge >= 0.3 is 0 Å². The number of benzene rings is 2. The topological polar surface area (TPSA) is 25.0 Å². The first kappa shape index (κ1) is 10.9. The fourth-order valence-corrected chi connectivity index (χ4v) is 2.22. The van der Waals surface area contributed by atoms with Crippen LogP contribution in [-0.4, -0.2) is 11.6 Å². The molecule has 0 fully saturated rings. The van der Waals surface area contributed by atoms with Crippen LogP contribution in [0.1, 0.15) is 6.92 Å². The summed E-state index contributed by atoms with van der Waals surface area (Å²) in [4.78, 5) is 3.00. The molecule has 0 saturated heterocycles. The number of aromatic amines is 1. The van der Waals surface area contributed by atoms with Crippen LogP contribution in [0.15, 0.2) is 48.7 Å². The maximum Gasteiger partial charge on any atom is 0.145 e. The quantitative estimate of drug-likeness (QED) is 0.729. The fourth-order valence-electron chi connectivity index (χ4n) is 2.22. The van der Waals surface area contributed by atoms with Gasteiger partial charge in [-0.2, -0.15) is 0 Å². The average Bonchev–Trinajstić information content (AvgIpc) is 2.87. The maximum atomic E-state index is 5.62. The van der Waals surface area contributed by atoms with Crippen molar-refractivity contribution in [3.05, 3.63) is 54.9 Å². The Morgan fingerprint density at radius 1 is 1.11 bits per heavy atom. The van der Waals surface area contributed by atoms with E-state index in [1.807, 2.05) is 13.1 Å². The highest BCUT2D eigenvalue weighted by Gasteiger charge is 2.10. The van der Waals surface area contributed by atoms with Gasteiger partial charge in [-0.15, -0.1) is 0 Å². The van der Waals surface area contributed by atoms with Crippen LogP contribution in [0.2, 0.25) is 0 Å². The number of H-pyrrole nitrogens is 1. The molecule has 89 valence electrons. The molecule has 1 aromatic heterocycles. The highest BCUT2D eigenvalue weighted by molar-refractivity contribution is 5.97. The SMILES string of the molecule is CCOc1c[nH][c]c1-c1cccc2ccccc12. The predicted octanol–water partition coefficient (Wildman–Crippen LogP) is 4.03. The number of aromatic nitrogens is 1. The first-order valence-electron chi connectivity index (χ1n) is 6.10. The van der Waals surface area contributed by atoms with E-state index in [9.17, 15) is 0 Å². The molecule has 2 aromatic carbocycles. The van der Waals surface area contributed by atoms with Gasteiger partial charge in [0.05, 0.1) is 18.4 Å². The molecule has 0 unspecified atom stereocenters. The molecule has 0 saturated carbocycles. The zero-order chi connectivity index (χ0) is 12.4. The monoisotopic (exact) mass is 236 g/mol. The Balaban J connectivity index is 2.22. The number of rotatable bonds is 3. The van der Waals surface area contributed by atoms with Gasteiger partial charge in [0, 0.05) is 6.20 Å². The molecule has 0 aliphatic carbocycles. The van der Waals surface area contributed by atoms with E-state index in [0.29, 0.717) is 6.61 Å². The molecule has 0 amide bonds. The number of hydrogen-bond donors (Lipinski definition) is 1. The van der Waals surface area contributed by atoms with E-state index in [2.05, 4.69) is 53.6 Å². The highest BCUT2D eigenvalue weighted by atomic mass is 16.5. The van der Waals surface area contributed by atoms with Crippen molar-refractivity contribution in [2.75, 3.05) is 6.61 Å². The largest absolute Gasteiger partial charge is 0.492 e. The molecular weight excluding hydrogens is 222 g/mol. The Morgan fingerprint density at radius 2 is 1.94 bits per heavy atom. The summed E-state index contributed by atoms with van der Waals surface area (Å²) in [6.07, 6.45) is 5.00. The zero-order valence-electron chi connectivity index (χ0n) is 10.2. The smallest absolute Gasteiger partial charge is 0.145 e. The Hall–Kier alpha value is -2.22. The normalized spacial score (nSPS) is 10.7. The summed E-state index contributed by atoms with van der Waals surface area (Å²) in [5, 5.41) is 2.45. The van der Waals surface area contributed by atoms with E-state index in [-0.39, 0.29) is 0 Å². The molecule has 18 heavy (non-hydrogen) atoms. The molecule has 1 N–H and O–H groups in total. The summed E-state index contributed by atoms with van der Waals surface area (Å²) in [5.41, 5.74) is 2.14. The summed E-state index contributed by atoms with van der Waals surface area (Å²) in [6, 6.07) is 14.6. The van der Waals surface area contributed by atoms with E-state index in [4.69, 9.17) is 4.74 Å². The second-order valence-corrected chi connectivity index (χ2v) is 4.11. The summed E-state index contributed by atoms with van der Waals surface area (Å²) in [5.74, 6) is 0.855. The molecule has 0 atom stereocenters. The molecule has 0 aliphatic rings. The Morgan fingerprint density at radius 3 is 2.83 bits per heavy atom. The van der Waals surface area contributed by atoms with Gasteiger partial charge in [0.25, 0.3) is 0 Å². The van der Waals surface area contributed by atoms with Crippen molar-refractivity contribution in [3.63, 3.8) is 0 Å². The van der Waals surface area contributed by atoms with Crippen LogP contribution in [-0.2, 0) is 0 Å². The molecular formula is C16H14NO.